The molecule has 0 atom stereocenters. The van der Waals surface area contributed by atoms with E-state index in [1.54, 1.807) is 0 Å². The highest BCUT2D eigenvalue weighted by Crippen LogP contribution is 2.42. The zero-order valence-electron chi connectivity index (χ0n) is 31.4. The molecule has 0 saturated carbocycles. The van der Waals surface area contributed by atoms with Gasteiger partial charge in [-0.1, -0.05) is 97.1 Å². The summed E-state index contributed by atoms with van der Waals surface area (Å²) < 4.78 is 7.08. The van der Waals surface area contributed by atoms with E-state index in [1.165, 1.54) is 54.4 Å². The Kier molecular flexibility index (Phi) is 7.16. The standard InChI is InChI=1S/C53H35N5/c1-3-15-36(16-4-1)55(40-30-31-50-44(33-40)41-19-9-12-24-49(41)58(50)53-25-13-14-32-54-53)38-26-28-39(29-27-38)57-48-23-11-8-21-43(48)46-34-51-45(35-52(46)57)42-20-7-10-22-47(42)56(51)37-17-5-2-6-18-37/h1-35H. The minimum Gasteiger partial charge on any atom is -0.310 e. The van der Waals surface area contributed by atoms with Gasteiger partial charge in [-0.3, -0.25) is 4.57 Å². The van der Waals surface area contributed by atoms with Crippen LogP contribution in [0.3, 0.4) is 0 Å². The van der Waals surface area contributed by atoms with Gasteiger partial charge in [0.2, 0.25) is 0 Å². The molecule has 5 heteroatoms. The number of fused-ring (bicyclic) bond motifs is 9. The van der Waals surface area contributed by atoms with Gasteiger partial charge in [0.05, 0.1) is 33.1 Å². The molecular weight excluding hydrogens is 707 g/mol. The first-order chi connectivity index (χ1) is 28.8. The summed E-state index contributed by atoms with van der Waals surface area (Å²) in [6, 6.07) is 74.2. The Morgan fingerprint density at radius 3 is 1.33 bits per heavy atom. The van der Waals surface area contributed by atoms with Crippen LogP contribution in [0.15, 0.2) is 212 Å². The summed E-state index contributed by atoms with van der Waals surface area (Å²) in [5, 5.41) is 7.33. The second-order valence-electron chi connectivity index (χ2n) is 14.9. The fraction of sp³-hybridized carbons (Fsp3) is 0. The Bertz CT molecular complexity index is 3490. The molecule has 272 valence electrons. The summed E-state index contributed by atoms with van der Waals surface area (Å²) in [7, 11) is 0. The minimum absolute atomic E-state index is 0.907. The van der Waals surface area contributed by atoms with Crippen LogP contribution in [-0.2, 0) is 0 Å². The zero-order chi connectivity index (χ0) is 38.2. The van der Waals surface area contributed by atoms with Gasteiger partial charge in [0.15, 0.2) is 0 Å². The van der Waals surface area contributed by atoms with Gasteiger partial charge in [-0.05, 0) is 109 Å². The highest BCUT2D eigenvalue weighted by molar-refractivity contribution is 6.19. The van der Waals surface area contributed by atoms with E-state index >= 15 is 0 Å². The number of nitrogens with zero attached hydrogens (tertiary/aromatic N) is 5. The molecule has 0 spiro atoms. The first-order valence-electron chi connectivity index (χ1n) is 19.7. The molecule has 12 aromatic rings. The van der Waals surface area contributed by atoms with Crippen LogP contribution in [0.5, 0.6) is 0 Å². The first-order valence-corrected chi connectivity index (χ1v) is 19.7. The SMILES string of the molecule is c1ccc(N(c2ccc(-n3c4ccccc4c4cc5c(cc43)c3ccccc3n5-c3ccccc3)cc2)c2ccc3c(c2)c2ccccc2n3-c2ccccn2)cc1. The number of anilines is 3. The van der Waals surface area contributed by atoms with Crippen molar-refractivity contribution in [2.45, 2.75) is 0 Å². The Labute approximate surface area is 334 Å². The molecule has 0 amide bonds. The monoisotopic (exact) mass is 741 g/mol. The Hall–Kier alpha value is -7.89. The van der Waals surface area contributed by atoms with E-state index in [9.17, 15) is 0 Å². The molecule has 0 bridgehead atoms. The molecule has 0 aliphatic carbocycles. The number of aromatic nitrogens is 4. The highest BCUT2D eigenvalue weighted by atomic mass is 15.1. The van der Waals surface area contributed by atoms with Crippen molar-refractivity contribution >= 4 is 82.5 Å². The van der Waals surface area contributed by atoms with E-state index in [0.717, 1.165) is 45.3 Å². The Balaban J connectivity index is 1.03. The van der Waals surface area contributed by atoms with Crippen molar-refractivity contribution < 1.29 is 0 Å². The van der Waals surface area contributed by atoms with Crippen molar-refractivity contribution in [2.24, 2.45) is 0 Å². The van der Waals surface area contributed by atoms with Gasteiger partial charge in [-0.15, -0.1) is 0 Å². The summed E-state index contributed by atoms with van der Waals surface area (Å²) in [6.45, 7) is 0. The van der Waals surface area contributed by atoms with Crippen LogP contribution in [0, 0.1) is 0 Å². The Morgan fingerprint density at radius 2 is 0.741 bits per heavy atom. The van der Waals surface area contributed by atoms with Crippen molar-refractivity contribution in [3.63, 3.8) is 0 Å². The van der Waals surface area contributed by atoms with E-state index in [2.05, 4.69) is 213 Å². The minimum atomic E-state index is 0.907. The predicted molar refractivity (Wildman–Crippen MR) is 242 cm³/mol. The lowest BCUT2D eigenvalue weighted by Crippen LogP contribution is -2.10. The van der Waals surface area contributed by atoms with Gasteiger partial charge in [0, 0.05) is 67.0 Å². The van der Waals surface area contributed by atoms with Crippen LogP contribution in [0.25, 0.3) is 82.6 Å². The molecule has 0 N–H and O–H groups in total. The summed E-state index contributed by atoms with van der Waals surface area (Å²) in [5.41, 5.74) is 12.6. The summed E-state index contributed by atoms with van der Waals surface area (Å²) >= 11 is 0. The lowest BCUT2D eigenvalue weighted by Gasteiger charge is -2.26. The van der Waals surface area contributed by atoms with E-state index in [4.69, 9.17) is 4.98 Å². The normalized spacial score (nSPS) is 11.8. The number of para-hydroxylation sites is 5. The number of hydrogen-bond acceptors (Lipinski definition) is 2. The number of benzene rings is 8. The number of pyridine rings is 1. The van der Waals surface area contributed by atoms with Crippen molar-refractivity contribution in [1.82, 2.24) is 18.7 Å². The molecular formula is C53H35N5. The lowest BCUT2D eigenvalue weighted by atomic mass is 10.1. The van der Waals surface area contributed by atoms with Crippen molar-refractivity contribution in [1.29, 1.82) is 0 Å². The number of hydrogen-bond donors (Lipinski definition) is 0. The third-order valence-electron chi connectivity index (χ3n) is 11.7. The van der Waals surface area contributed by atoms with E-state index in [0.29, 0.717) is 0 Å². The summed E-state index contributed by atoms with van der Waals surface area (Å²) in [5.74, 6) is 0.907. The zero-order valence-corrected chi connectivity index (χ0v) is 31.4. The Morgan fingerprint density at radius 1 is 0.293 bits per heavy atom. The van der Waals surface area contributed by atoms with Gasteiger partial charge in [0.25, 0.3) is 0 Å². The van der Waals surface area contributed by atoms with Crippen LogP contribution >= 0.6 is 0 Å². The van der Waals surface area contributed by atoms with Crippen LogP contribution < -0.4 is 4.90 Å². The van der Waals surface area contributed by atoms with Gasteiger partial charge >= 0.3 is 0 Å². The van der Waals surface area contributed by atoms with E-state index < -0.39 is 0 Å². The maximum atomic E-state index is 4.73. The van der Waals surface area contributed by atoms with Crippen molar-refractivity contribution in [2.75, 3.05) is 4.90 Å². The maximum Gasteiger partial charge on any atom is 0.137 e. The second kappa shape index (κ2) is 12.8. The summed E-state index contributed by atoms with van der Waals surface area (Å²) in [6.07, 6.45) is 1.86. The second-order valence-corrected chi connectivity index (χ2v) is 14.9. The predicted octanol–water partition coefficient (Wildman–Crippen LogP) is 13.8. The molecule has 0 aliphatic heterocycles. The van der Waals surface area contributed by atoms with Crippen molar-refractivity contribution in [3.05, 3.63) is 212 Å². The smallest absolute Gasteiger partial charge is 0.137 e. The van der Waals surface area contributed by atoms with Crippen molar-refractivity contribution in [3.8, 4) is 17.2 Å². The lowest BCUT2D eigenvalue weighted by molar-refractivity contribution is 1.08. The van der Waals surface area contributed by atoms with Gasteiger partial charge in [-0.2, -0.15) is 0 Å². The fourth-order valence-electron chi connectivity index (χ4n) is 9.17. The van der Waals surface area contributed by atoms with Crippen LogP contribution in [-0.4, -0.2) is 18.7 Å². The highest BCUT2D eigenvalue weighted by Gasteiger charge is 2.20. The van der Waals surface area contributed by atoms with Crippen LogP contribution in [0.4, 0.5) is 17.1 Å². The number of rotatable bonds is 6. The molecule has 0 aliphatic rings. The van der Waals surface area contributed by atoms with Gasteiger partial charge < -0.3 is 14.0 Å². The largest absolute Gasteiger partial charge is 0.310 e. The quantitative estimate of drug-likeness (QED) is 0.170. The van der Waals surface area contributed by atoms with E-state index in [1.807, 2.05) is 18.3 Å². The molecule has 4 heterocycles. The molecule has 4 aromatic heterocycles. The molecule has 5 nitrogen and oxygen atoms in total. The summed E-state index contributed by atoms with van der Waals surface area (Å²) in [4.78, 5) is 7.08. The van der Waals surface area contributed by atoms with E-state index in [-0.39, 0.29) is 0 Å². The topological polar surface area (TPSA) is 30.9 Å². The van der Waals surface area contributed by atoms with Crippen LogP contribution in [0.2, 0.25) is 0 Å². The van der Waals surface area contributed by atoms with Gasteiger partial charge in [-0.25, -0.2) is 4.98 Å². The molecule has 0 saturated heterocycles. The van der Waals surface area contributed by atoms with Crippen LogP contribution in [0.1, 0.15) is 0 Å². The first kappa shape index (κ1) is 32.4. The van der Waals surface area contributed by atoms with Gasteiger partial charge in [0.1, 0.15) is 5.82 Å². The third kappa shape index (κ3) is 4.87. The molecule has 8 aromatic carbocycles. The maximum absolute atomic E-state index is 4.73. The molecule has 12 rings (SSSR count). The molecule has 0 radical (unpaired) electrons. The molecule has 58 heavy (non-hydrogen) atoms. The molecule has 0 fully saturated rings. The third-order valence-corrected chi connectivity index (χ3v) is 11.7. The average Bonchev–Trinajstić information content (AvgIpc) is 3.92. The average molecular weight is 742 g/mol. The fourth-order valence-corrected chi connectivity index (χ4v) is 9.17. The molecule has 0 unspecified atom stereocenters.